The van der Waals surface area contributed by atoms with Crippen molar-refractivity contribution in [3.05, 3.63) is 29.8 Å². The van der Waals surface area contributed by atoms with Gasteiger partial charge in [-0.3, -0.25) is 9.52 Å². The highest BCUT2D eigenvalue weighted by molar-refractivity contribution is 7.92. The Kier molecular flexibility index (Phi) is 5.38. The van der Waals surface area contributed by atoms with Crippen LogP contribution in [0.4, 0.5) is 5.69 Å². The van der Waals surface area contributed by atoms with E-state index in [9.17, 15) is 13.2 Å². The lowest BCUT2D eigenvalue weighted by atomic mass is 10.1. The van der Waals surface area contributed by atoms with Crippen LogP contribution in [0, 0.1) is 0 Å². The topological polar surface area (TPSA) is 111 Å². The number of hydrogen-bond donors (Lipinski definition) is 3. The Hall–Kier alpha value is -1.64. The van der Waals surface area contributed by atoms with Gasteiger partial charge in [-0.1, -0.05) is 12.1 Å². The largest absolute Gasteiger partial charge is 0.364 e. The maximum Gasteiger partial charge on any atom is 0.249 e. The summed E-state index contributed by atoms with van der Waals surface area (Å²) in [6.45, 7) is 0.795. The van der Waals surface area contributed by atoms with Gasteiger partial charge >= 0.3 is 0 Å². The van der Waals surface area contributed by atoms with Crippen LogP contribution in [-0.4, -0.2) is 39.3 Å². The first-order valence-electron chi connectivity index (χ1n) is 7.07. The lowest BCUT2D eigenvalue weighted by Crippen LogP contribution is -2.35. The number of nitrogens with one attached hydrogen (secondary N) is 2. The van der Waals surface area contributed by atoms with Crippen LogP contribution in [0.2, 0.25) is 0 Å². The van der Waals surface area contributed by atoms with E-state index in [2.05, 4.69) is 10.0 Å². The third kappa shape index (κ3) is 4.97. The second-order valence-electron chi connectivity index (χ2n) is 5.35. The van der Waals surface area contributed by atoms with Gasteiger partial charge < -0.3 is 15.8 Å². The van der Waals surface area contributed by atoms with E-state index in [4.69, 9.17) is 10.5 Å². The van der Waals surface area contributed by atoms with Gasteiger partial charge in [0.15, 0.2) is 0 Å². The van der Waals surface area contributed by atoms with Gasteiger partial charge in [0, 0.05) is 18.8 Å². The van der Waals surface area contributed by atoms with Gasteiger partial charge in [0.25, 0.3) is 0 Å². The fraction of sp³-hybridized carbons (Fsp3) is 0.500. The average molecular weight is 327 g/mol. The number of amides is 1. The van der Waals surface area contributed by atoms with Crippen molar-refractivity contribution in [1.82, 2.24) is 5.32 Å². The SMILES string of the molecule is CS(=O)(=O)Nc1ccc(CNC(=O)[C@@H]2CC[C@H](CN)O2)cc1. The number of hydrogen-bond acceptors (Lipinski definition) is 5. The molecular weight excluding hydrogens is 306 g/mol. The normalized spacial score (nSPS) is 21.5. The summed E-state index contributed by atoms with van der Waals surface area (Å²) < 4.78 is 30.1. The van der Waals surface area contributed by atoms with Crippen molar-refractivity contribution in [2.24, 2.45) is 5.73 Å². The monoisotopic (exact) mass is 327 g/mol. The Morgan fingerprint density at radius 1 is 1.32 bits per heavy atom. The second kappa shape index (κ2) is 7.08. The lowest BCUT2D eigenvalue weighted by Gasteiger charge is -2.13. The number of benzene rings is 1. The van der Waals surface area contributed by atoms with Gasteiger partial charge in [0.1, 0.15) is 6.10 Å². The zero-order valence-electron chi connectivity index (χ0n) is 12.4. The van der Waals surface area contributed by atoms with Gasteiger partial charge in [0.2, 0.25) is 15.9 Å². The summed E-state index contributed by atoms with van der Waals surface area (Å²) in [6, 6.07) is 6.82. The number of anilines is 1. The summed E-state index contributed by atoms with van der Waals surface area (Å²) in [5, 5.41) is 2.81. The van der Waals surface area contributed by atoms with Gasteiger partial charge in [-0.05, 0) is 30.5 Å². The Labute approximate surface area is 130 Å². The predicted octanol–water partition coefficient (Wildman–Crippen LogP) is 0.181. The van der Waals surface area contributed by atoms with Crippen LogP contribution in [0.15, 0.2) is 24.3 Å². The molecule has 22 heavy (non-hydrogen) atoms. The fourth-order valence-electron chi connectivity index (χ4n) is 2.28. The van der Waals surface area contributed by atoms with E-state index in [0.29, 0.717) is 25.2 Å². The molecule has 122 valence electrons. The van der Waals surface area contributed by atoms with Crippen LogP contribution in [0.25, 0.3) is 0 Å². The number of rotatable bonds is 6. The molecular formula is C14H21N3O4S. The molecule has 0 spiro atoms. The predicted molar refractivity (Wildman–Crippen MR) is 83.7 cm³/mol. The van der Waals surface area contributed by atoms with Crippen LogP contribution in [-0.2, 0) is 26.1 Å². The zero-order chi connectivity index (χ0) is 16.2. The summed E-state index contributed by atoms with van der Waals surface area (Å²) in [6.07, 6.45) is 2.12. The van der Waals surface area contributed by atoms with Gasteiger partial charge in [0.05, 0.1) is 12.4 Å². The van der Waals surface area contributed by atoms with Gasteiger partial charge in [-0.15, -0.1) is 0 Å². The summed E-state index contributed by atoms with van der Waals surface area (Å²) in [7, 11) is -3.28. The molecule has 1 heterocycles. The van der Waals surface area contributed by atoms with Crippen molar-refractivity contribution in [1.29, 1.82) is 0 Å². The smallest absolute Gasteiger partial charge is 0.249 e. The maximum absolute atomic E-state index is 12.0. The van der Waals surface area contributed by atoms with Gasteiger partial charge in [-0.2, -0.15) is 0 Å². The highest BCUT2D eigenvalue weighted by atomic mass is 32.2. The minimum absolute atomic E-state index is 0.0305. The Balaban J connectivity index is 1.83. The number of sulfonamides is 1. The summed E-state index contributed by atoms with van der Waals surface area (Å²) in [4.78, 5) is 12.0. The summed E-state index contributed by atoms with van der Waals surface area (Å²) >= 11 is 0. The first kappa shape index (κ1) is 16.7. The molecule has 0 aromatic heterocycles. The lowest BCUT2D eigenvalue weighted by molar-refractivity contribution is -0.132. The Morgan fingerprint density at radius 2 is 2.00 bits per heavy atom. The van der Waals surface area contributed by atoms with E-state index in [-0.39, 0.29) is 12.0 Å². The van der Waals surface area contributed by atoms with Crippen LogP contribution >= 0.6 is 0 Å². The van der Waals surface area contributed by atoms with E-state index in [1.54, 1.807) is 24.3 Å². The molecule has 1 fully saturated rings. The van der Waals surface area contributed by atoms with Crippen molar-refractivity contribution in [3.8, 4) is 0 Å². The molecule has 1 aliphatic heterocycles. The zero-order valence-corrected chi connectivity index (χ0v) is 13.2. The van der Waals surface area contributed by atoms with Crippen LogP contribution < -0.4 is 15.8 Å². The molecule has 8 heteroatoms. The van der Waals surface area contributed by atoms with E-state index in [0.717, 1.165) is 18.2 Å². The van der Waals surface area contributed by atoms with Crippen molar-refractivity contribution < 1.29 is 17.9 Å². The Bertz CT molecular complexity index is 615. The maximum atomic E-state index is 12.0. The third-order valence-electron chi connectivity index (χ3n) is 3.39. The second-order valence-corrected chi connectivity index (χ2v) is 7.10. The summed E-state index contributed by atoms with van der Waals surface area (Å²) in [5.41, 5.74) is 6.88. The number of ether oxygens (including phenoxy) is 1. The highest BCUT2D eigenvalue weighted by Crippen LogP contribution is 2.19. The Morgan fingerprint density at radius 3 is 2.55 bits per heavy atom. The number of carbonyl (C=O) groups is 1. The molecule has 0 aliphatic carbocycles. The van der Waals surface area contributed by atoms with E-state index in [1.165, 1.54) is 0 Å². The molecule has 0 radical (unpaired) electrons. The van der Waals surface area contributed by atoms with Crippen LogP contribution in [0.3, 0.4) is 0 Å². The van der Waals surface area contributed by atoms with Gasteiger partial charge in [-0.25, -0.2) is 8.42 Å². The molecule has 1 aliphatic rings. The first-order chi connectivity index (χ1) is 10.4. The molecule has 7 nitrogen and oxygen atoms in total. The molecule has 0 saturated carbocycles. The minimum Gasteiger partial charge on any atom is -0.364 e. The third-order valence-corrected chi connectivity index (χ3v) is 3.99. The molecule has 1 saturated heterocycles. The van der Waals surface area contributed by atoms with Crippen molar-refractivity contribution in [2.75, 3.05) is 17.5 Å². The van der Waals surface area contributed by atoms with E-state index < -0.39 is 16.1 Å². The molecule has 4 N–H and O–H groups in total. The molecule has 1 amide bonds. The molecule has 2 rings (SSSR count). The van der Waals surface area contributed by atoms with Crippen molar-refractivity contribution in [3.63, 3.8) is 0 Å². The van der Waals surface area contributed by atoms with Crippen LogP contribution in [0.1, 0.15) is 18.4 Å². The van der Waals surface area contributed by atoms with Crippen molar-refractivity contribution >= 4 is 21.6 Å². The quantitative estimate of drug-likeness (QED) is 0.690. The fourth-order valence-corrected chi connectivity index (χ4v) is 2.84. The number of carbonyl (C=O) groups excluding carboxylic acids is 1. The molecule has 0 unspecified atom stereocenters. The molecule has 2 atom stereocenters. The first-order valence-corrected chi connectivity index (χ1v) is 8.96. The van der Waals surface area contributed by atoms with E-state index >= 15 is 0 Å². The molecule has 1 aromatic rings. The number of nitrogens with two attached hydrogens (primary N) is 1. The minimum atomic E-state index is -3.28. The van der Waals surface area contributed by atoms with Crippen LogP contribution in [0.5, 0.6) is 0 Å². The highest BCUT2D eigenvalue weighted by Gasteiger charge is 2.29. The molecule has 1 aromatic carbocycles. The van der Waals surface area contributed by atoms with E-state index in [1.807, 2.05) is 0 Å². The average Bonchev–Trinajstić information content (AvgIpc) is 2.93. The summed E-state index contributed by atoms with van der Waals surface area (Å²) in [5.74, 6) is -0.144. The molecule has 0 bridgehead atoms. The standard InChI is InChI=1S/C14H21N3O4S/c1-22(19,20)17-11-4-2-10(3-5-11)9-16-14(18)13-7-6-12(8-15)21-13/h2-5,12-13,17H,6-9,15H2,1H3,(H,16,18)/t12-,13+/m1/s1. The van der Waals surface area contributed by atoms with Crippen molar-refractivity contribution in [2.45, 2.75) is 31.6 Å².